The van der Waals surface area contributed by atoms with Crippen molar-refractivity contribution in [1.82, 2.24) is 0 Å². The van der Waals surface area contributed by atoms with E-state index in [9.17, 15) is 4.79 Å². The number of benzene rings is 2. The molecule has 0 atom stereocenters. The molecule has 0 unspecified atom stereocenters. The highest BCUT2D eigenvalue weighted by molar-refractivity contribution is 9.10. The Labute approximate surface area is 154 Å². The molecule has 2 aromatic carbocycles. The minimum Gasteiger partial charge on any atom is -0.481 e. The van der Waals surface area contributed by atoms with Crippen LogP contribution in [-0.2, 0) is 11.2 Å². The number of ether oxygens (including phenoxy) is 1. The van der Waals surface area contributed by atoms with Gasteiger partial charge >= 0.3 is 0 Å². The summed E-state index contributed by atoms with van der Waals surface area (Å²) >= 11 is 15.3. The maximum absolute atomic E-state index is 12.2. The molecular weight excluding hydrogens is 401 g/mol. The molecule has 0 aliphatic heterocycles. The molecule has 0 fully saturated rings. The van der Waals surface area contributed by atoms with Gasteiger partial charge in [0.05, 0.1) is 9.50 Å². The van der Waals surface area contributed by atoms with Gasteiger partial charge in [-0.15, -0.1) is 0 Å². The molecule has 2 aromatic rings. The number of amides is 1. The van der Waals surface area contributed by atoms with Crippen molar-refractivity contribution in [2.24, 2.45) is 0 Å². The second-order valence-electron chi connectivity index (χ2n) is 5.00. The SMILES string of the molecule is CCc1cccc(C)c1NC(=O)COc1c(Cl)cc(Cl)cc1Br. The first-order valence-corrected chi connectivity index (χ1v) is 8.63. The van der Waals surface area contributed by atoms with E-state index in [1.54, 1.807) is 12.1 Å². The van der Waals surface area contributed by atoms with E-state index in [0.717, 1.165) is 23.2 Å². The summed E-state index contributed by atoms with van der Waals surface area (Å²) in [7, 11) is 0. The summed E-state index contributed by atoms with van der Waals surface area (Å²) < 4.78 is 6.13. The number of hydrogen-bond acceptors (Lipinski definition) is 2. The maximum Gasteiger partial charge on any atom is 0.262 e. The summed E-state index contributed by atoms with van der Waals surface area (Å²) in [4.78, 5) is 12.2. The summed E-state index contributed by atoms with van der Waals surface area (Å²) in [5.41, 5.74) is 2.94. The first kappa shape index (κ1) is 18.1. The molecule has 1 N–H and O–H groups in total. The Morgan fingerprint density at radius 2 is 2.04 bits per heavy atom. The van der Waals surface area contributed by atoms with E-state index in [1.165, 1.54) is 0 Å². The lowest BCUT2D eigenvalue weighted by atomic mass is 10.1. The van der Waals surface area contributed by atoms with Crippen LogP contribution in [0, 0.1) is 6.92 Å². The lowest BCUT2D eigenvalue weighted by Gasteiger charge is -2.14. The van der Waals surface area contributed by atoms with Crippen molar-refractivity contribution in [3.05, 3.63) is 56.0 Å². The molecule has 0 aromatic heterocycles. The molecule has 0 aliphatic rings. The normalized spacial score (nSPS) is 10.5. The van der Waals surface area contributed by atoms with E-state index in [4.69, 9.17) is 27.9 Å². The molecular formula is C17H16BrCl2NO2. The molecule has 0 spiro atoms. The molecule has 0 saturated heterocycles. The predicted molar refractivity (Wildman–Crippen MR) is 98.8 cm³/mol. The van der Waals surface area contributed by atoms with Crippen LogP contribution in [0.4, 0.5) is 5.69 Å². The maximum atomic E-state index is 12.2. The van der Waals surface area contributed by atoms with Crippen molar-refractivity contribution in [3.63, 3.8) is 0 Å². The molecule has 6 heteroatoms. The number of para-hydroxylation sites is 1. The van der Waals surface area contributed by atoms with Gasteiger partial charge in [0, 0.05) is 10.7 Å². The van der Waals surface area contributed by atoms with Gasteiger partial charge in [-0.05, 0) is 52.5 Å². The van der Waals surface area contributed by atoms with Crippen LogP contribution in [0.1, 0.15) is 18.1 Å². The Bertz CT molecular complexity index is 712. The summed E-state index contributed by atoms with van der Waals surface area (Å²) in [6.07, 6.45) is 0.840. The highest BCUT2D eigenvalue weighted by Gasteiger charge is 2.13. The van der Waals surface area contributed by atoms with E-state index < -0.39 is 0 Å². The van der Waals surface area contributed by atoms with E-state index >= 15 is 0 Å². The Morgan fingerprint density at radius 1 is 1.30 bits per heavy atom. The number of aryl methyl sites for hydroxylation is 2. The minimum atomic E-state index is -0.244. The van der Waals surface area contributed by atoms with Gasteiger partial charge in [-0.3, -0.25) is 4.79 Å². The Hall–Kier alpha value is -1.23. The molecule has 0 aliphatic carbocycles. The molecule has 0 saturated carbocycles. The van der Waals surface area contributed by atoms with Crippen molar-refractivity contribution in [3.8, 4) is 5.75 Å². The molecule has 0 bridgehead atoms. The third-order valence-corrected chi connectivity index (χ3v) is 4.40. The lowest BCUT2D eigenvalue weighted by Crippen LogP contribution is -2.21. The zero-order valence-electron chi connectivity index (χ0n) is 12.8. The summed E-state index contributed by atoms with van der Waals surface area (Å²) in [6, 6.07) is 9.16. The number of hydrogen-bond donors (Lipinski definition) is 1. The van der Waals surface area contributed by atoms with Crippen LogP contribution in [0.3, 0.4) is 0 Å². The monoisotopic (exact) mass is 415 g/mol. The van der Waals surface area contributed by atoms with Crippen LogP contribution < -0.4 is 10.1 Å². The molecule has 0 heterocycles. The fourth-order valence-electron chi connectivity index (χ4n) is 2.18. The average molecular weight is 417 g/mol. The first-order valence-electron chi connectivity index (χ1n) is 7.08. The highest BCUT2D eigenvalue weighted by Crippen LogP contribution is 2.36. The zero-order valence-corrected chi connectivity index (χ0v) is 15.8. The molecule has 3 nitrogen and oxygen atoms in total. The number of halogens is 3. The number of rotatable bonds is 5. The summed E-state index contributed by atoms with van der Waals surface area (Å²) in [6.45, 7) is 3.87. The first-order chi connectivity index (χ1) is 10.9. The van der Waals surface area contributed by atoms with Crippen molar-refractivity contribution < 1.29 is 9.53 Å². The van der Waals surface area contributed by atoms with Crippen LogP contribution in [0.5, 0.6) is 5.75 Å². The van der Waals surface area contributed by atoms with Crippen molar-refractivity contribution in [1.29, 1.82) is 0 Å². The molecule has 23 heavy (non-hydrogen) atoms. The Balaban J connectivity index is 2.07. The smallest absolute Gasteiger partial charge is 0.262 e. The van der Waals surface area contributed by atoms with Crippen LogP contribution in [0.25, 0.3) is 0 Å². The van der Waals surface area contributed by atoms with Crippen LogP contribution in [-0.4, -0.2) is 12.5 Å². The van der Waals surface area contributed by atoms with Crippen LogP contribution in [0.15, 0.2) is 34.8 Å². The number of nitrogens with one attached hydrogen (secondary N) is 1. The van der Waals surface area contributed by atoms with Gasteiger partial charge in [0.1, 0.15) is 0 Å². The fraction of sp³-hybridized carbons (Fsp3) is 0.235. The van der Waals surface area contributed by atoms with Crippen molar-refractivity contribution in [2.45, 2.75) is 20.3 Å². The second-order valence-corrected chi connectivity index (χ2v) is 6.70. The molecule has 0 radical (unpaired) electrons. The number of carbonyl (C=O) groups excluding carboxylic acids is 1. The second kappa shape index (κ2) is 8.04. The molecule has 122 valence electrons. The lowest BCUT2D eigenvalue weighted by molar-refractivity contribution is -0.118. The van der Waals surface area contributed by atoms with Gasteiger partial charge in [0.15, 0.2) is 12.4 Å². The van der Waals surface area contributed by atoms with Crippen LogP contribution in [0.2, 0.25) is 10.0 Å². The van der Waals surface area contributed by atoms with E-state index in [-0.39, 0.29) is 12.5 Å². The van der Waals surface area contributed by atoms with E-state index in [0.29, 0.717) is 20.3 Å². The largest absolute Gasteiger partial charge is 0.481 e. The summed E-state index contributed by atoms with van der Waals surface area (Å²) in [5.74, 6) is 0.152. The molecule has 2 rings (SSSR count). The van der Waals surface area contributed by atoms with Gasteiger partial charge < -0.3 is 10.1 Å². The molecule has 1 amide bonds. The fourth-order valence-corrected chi connectivity index (χ4v) is 3.55. The Kier molecular flexibility index (Phi) is 6.33. The Morgan fingerprint density at radius 3 is 2.70 bits per heavy atom. The van der Waals surface area contributed by atoms with Gasteiger partial charge in [-0.2, -0.15) is 0 Å². The van der Waals surface area contributed by atoms with Crippen molar-refractivity contribution in [2.75, 3.05) is 11.9 Å². The predicted octanol–water partition coefficient (Wildman–Crippen LogP) is 5.64. The summed E-state index contributed by atoms with van der Waals surface area (Å²) in [5, 5.41) is 3.74. The van der Waals surface area contributed by atoms with Gasteiger partial charge in [0.25, 0.3) is 5.91 Å². The van der Waals surface area contributed by atoms with Gasteiger partial charge in [0.2, 0.25) is 0 Å². The zero-order chi connectivity index (χ0) is 17.0. The third-order valence-electron chi connectivity index (χ3n) is 3.32. The van der Waals surface area contributed by atoms with E-state index in [1.807, 2.05) is 32.0 Å². The van der Waals surface area contributed by atoms with E-state index in [2.05, 4.69) is 21.2 Å². The standard InChI is InChI=1S/C17H16BrCl2NO2/c1-3-11-6-4-5-10(2)16(11)21-15(22)9-23-17-13(18)7-12(19)8-14(17)20/h4-8H,3,9H2,1-2H3,(H,21,22). The average Bonchev–Trinajstić information content (AvgIpc) is 2.48. The minimum absolute atomic E-state index is 0.141. The van der Waals surface area contributed by atoms with Crippen molar-refractivity contribution >= 4 is 50.7 Å². The van der Waals surface area contributed by atoms with Crippen LogP contribution >= 0.6 is 39.1 Å². The number of anilines is 1. The third kappa shape index (κ3) is 4.63. The van der Waals surface area contributed by atoms with Gasteiger partial charge in [-0.25, -0.2) is 0 Å². The van der Waals surface area contributed by atoms with Gasteiger partial charge in [-0.1, -0.05) is 48.3 Å². The quantitative estimate of drug-likeness (QED) is 0.684. The topological polar surface area (TPSA) is 38.3 Å². The number of carbonyl (C=O) groups is 1. The highest BCUT2D eigenvalue weighted by atomic mass is 79.9.